The third-order valence-electron chi connectivity index (χ3n) is 0.698. The number of amides is 1. The molecule has 1 heterocycles. The summed E-state index contributed by atoms with van der Waals surface area (Å²) >= 11 is 1.22. The first-order valence-electron chi connectivity index (χ1n) is 2.14. The minimum absolute atomic E-state index is 0. The minimum atomic E-state index is -0.471. The van der Waals surface area contributed by atoms with Crippen LogP contribution in [0.25, 0.3) is 0 Å². The van der Waals surface area contributed by atoms with E-state index in [9.17, 15) is 4.79 Å². The SMILES string of the molecule is NC(=O)c1[c-]nc(P)s1.[W]. The molecule has 0 radical (unpaired) electrons. The first-order valence-corrected chi connectivity index (χ1v) is 3.53. The standard InChI is InChI=1S/C4H4N2OPS.W/c5-3(7)2-1-6-4(8)9-2;/h8H2,(H2,5,7);/q-1;. The zero-order chi connectivity index (χ0) is 6.85. The van der Waals surface area contributed by atoms with Crippen LogP contribution in [0.2, 0.25) is 0 Å². The molecule has 6 heteroatoms. The first kappa shape index (κ1) is 10.2. The van der Waals surface area contributed by atoms with Crippen LogP contribution in [0, 0.1) is 6.20 Å². The van der Waals surface area contributed by atoms with Crippen molar-refractivity contribution in [3.8, 4) is 0 Å². The number of aromatic nitrogens is 1. The van der Waals surface area contributed by atoms with E-state index in [0.29, 0.717) is 4.88 Å². The van der Waals surface area contributed by atoms with Crippen molar-refractivity contribution in [1.29, 1.82) is 0 Å². The van der Waals surface area contributed by atoms with Gasteiger partial charge in [-0.15, -0.1) is 9.24 Å². The van der Waals surface area contributed by atoms with Crippen LogP contribution in [0.1, 0.15) is 9.67 Å². The van der Waals surface area contributed by atoms with Crippen LogP contribution < -0.4 is 10.5 Å². The Kier molecular flexibility index (Phi) is 4.26. The van der Waals surface area contributed by atoms with E-state index in [4.69, 9.17) is 5.73 Å². The summed E-state index contributed by atoms with van der Waals surface area (Å²) in [6, 6.07) is 0. The number of carbonyl (C=O) groups is 1. The molecule has 0 saturated carbocycles. The summed E-state index contributed by atoms with van der Waals surface area (Å²) in [5, 5.41) is 0. The molecule has 0 spiro atoms. The molecule has 0 fully saturated rings. The van der Waals surface area contributed by atoms with Gasteiger partial charge < -0.3 is 15.5 Å². The van der Waals surface area contributed by atoms with E-state index in [1.807, 2.05) is 0 Å². The van der Waals surface area contributed by atoms with E-state index in [2.05, 4.69) is 20.4 Å². The molecule has 1 aromatic heterocycles. The quantitative estimate of drug-likeness (QED) is 0.554. The predicted octanol–water partition coefficient (Wildman–Crippen LogP) is -0.460. The third kappa shape index (κ3) is 2.45. The van der Waals surface area contributed by atoms with Gasteiger partial charge in [-0.25, -0.2) is 11.3 Å². The van der Waals surface area contributed by atoms with Crippen molar-refractivity contribution in [3.05, 3.63) is 11.1 Å². The number of primary amides is 1. The molecule has 0 aromatic carbocycles. The van der Waals surface area contributed by atoms with E-state index in [0.717, 1.165) is 4.75 Å². The first-order chi connectivity index (χ1) is 4.20. The summed E-state index contributed by atoms with van der Waals surface area (Å²) in [7, 11) is 2.36. The van der Waals surface area contributed by atoms with Gasteiger partial charge in [0.1, 0.15) is 0 Å². The van der Waals surface area contributed by atoms with Crippen molar-refractivity contribution in [2.75, 3.05) is 0 Å². The Labute approximate surface area is 78.9 Å². The number of hydrogen-bond donors (Lipinski definition) is 1. The zero-order valence-corrected chi connectivity index (χ0v) is 9.73. The van der Waals surface area contributed by atoms with Crippen molar-refractivity contribution in [1.82, 2.24) is 4.98 Å². The molecule has 1 unspecified atom stereocenters. The second kappa shape index (κ2) is 4.17. The Morgan fingerprint density at radius 1 is 1.80 bits per heavy atom. The molecule has 1 amide bonds. The minimum Gasteiger partial charge on any atom is -0.416 e. The molecule has 1 atom stereocenters. The predicted molar refractivity (Wildman–Crippen MR) is 38.8 cm³/mol. The Morgan fingerprint density at radius 2 is 2.40 bits per heavy atom. The van der Waals surface area contributed by atoms with Crippen LogP contribution in [0.3, 0.4) is 0 Å². The number of carbonyl (C=O) groups excluding carboxylic acids is 1. The fraction of sp³-hybridized carbons (Fsp3) is 0. The van der Waals surface area contributed by atoms with Crippen molar-refractivity contribution < 1.29 is 25.9 Å². The number of nitrogens with two attached hydrogens (primary N) is 1. The largest absolute Gasteiger partial charge is 0.416 e. The van der Waals surface area contributed by atoms with Crippen molar-refractivity contribution >= 4 is 31.2 Å². The molecular formula is C4H4N2OPSW-. The molecular weight excluding hydrogens is 339 g/mol. The van der Waals surface area contributed by atoms with E-state index in [-0.39, 0.29) is 21.1 Å². The van der Waals surface area contributed by atoms with Crippen LogP contribution >= 0.6 is 20.6 Å². The Bertz CT molecular complexity index is 239. The van der Waals surface area contributed by atoms with Gasteiger partial charge in [-0.3, -0.25) is 0 Å². The van der Waals surface area contributed by atoms with Crippen molar-refractivity contribution in [2.45, 2.75) is 0 Å². The van der Waals surface area contributed by atoms with E-state index in [1.54, 1.807) is 0 Å². The molecule has 0 aliphatic rings. The summed E-state index contributed by atoms with van der Waals surface area (Å²) in [6.07, 6.45) is 2.48. The number of thiazole rings is 1. The van der Waals surface area contributed by atoms with Gasteiger partial charge in [-0.05, 0) is 4.88 Å². The van der Waals surface area contributed by atoms with Gasteiger partial charge in [0, 0.05) is 25.8 Å². The molecule has 0 saturated heterocycles. The van der Waals surface area contributed by atoms with Gasteiger partial charge in [-0.2, -0.15) is 0 Å². The van der Waals surface area contributed by atoms with Crippen LogP contribution in [-0.2, 0) is 21.1 Å². The Morgan fingerprint density at radius 3 is 2.60 bits per heavy atom. The average molecular weight is 343 g/mol. The fourth-order valence-electron chi connectivity index (χ4n) is 0.361. The smallest absolute Gasteiger partial charge is 0.155 e. The summed E-state index contributed by atoms with van der Waals surface area (Å²) < 4.78 is 0.726. The second-order valence-corrected chi connectivity index (χ2v) is 3.35. The summed E-state index contributed by atoms with van der Waals surface area (Å²) in [5.74, 6) is -0.471. The maximum absolute atomic E-state index is 10.4. The van der Waals surface area contributed by atoms with Crippen LogP contribution in [0.5, 0.6) is 0 Å². The monoisotopic (exact) mass is 343 g/mol. The van der Waals surface area contributed by atoms with Gasteiger partial charge in [0.2, 0.25) is 0 Å². The molecule has 0 aliphatic heterocycles. The maximum Gasteiger partial charge on any atom is 0.155 e. The third-order valence-corrected chi connectivity index (χ3v) is 1.98. The van der Waals surface area contributed by atoms with E-state index in [1.165, 1.54) is 11.3 Å². The Balaban J connectivity index is 0.000000810. The molecule has 0 aliphatic carbocycles. The molecule has 54 valence electrons. The van der Waals surface area contributed by atoms with Gasteiger partial charge in [0.25, 0.3) is 0 Å². The number of hydrogen-bond acceptors (Lipinski definition) is 3. The van der Waals surface area contributed by atoms with Crippen molar-refractivity contribution in [3.63, 3.8) is 0 Å². The summed E-state index contributed by atoms with van der Waals surface area (Å²) in [6.45, 7) is 0. The van der Waals surface area contributed by atoms with E-state index < -0.39 is 5.91 Å². The fourth-order valence-corrected chi connectivity index (χ4v) is 1.27. The van der Waals surface area contributed by atoms with Gasteiger partial charge in [-0.1, -0.05) is 6.20 Å². The summed E-state index contributed by atoms with van der Waals surface area (Å²) in [4.78, 5) is 14.4. The van der Waals surface area contributed by atoms with Crippen molar-refractivity contribution in [2.24, 2.45) is 5.73 Å². The van der Waals surface area contributed by atoms with Gasteiger partial charge in [0.05, 0.1) is 0 Å². The van der Waals surface area contributed by atoms with Crippen LogP contribution in [-0.4, -0.2) is 10.9 Å². The van der Waals surface area contributed by atoms with Gasteiger partial charge in [0.15, 0.2) is 5.91 Å². The Hall–Kier alpha value is 0.218. The molecule has 1 rings (SSSR count). The second-order valence-electron chi connectivity index (χ2n) is 1.36. The molecule has 2 N–H and O–H groups in total. The van der Waals surface area contributed by atoms with E-state index >= 15 is 0 Å². The number of nitrogens with zero attached hydrogens (tertiary/aromatic N) is 1. The number of rotatable bonds is 1. The van der Waals surface area contributed by atoms with Crippen LogP contribution in [0.4, 0.5) is 0 Å². The molecule has 10 heavy (non-hydrogen) atoms. The topological polar surface area (TPSA) is 56.0 Å². The average Bonchev–Trinajstić information content (AvgIpc) is 2.14. The van der Waals surface area contributed by atoms with Crippen LogP contribution in [0.15, 0.2) is 0 Å². The molecule has 1 aromatic rings. The van der Waals surface area contributed by atoms with Gasteiger partial charge >= 0.3 is 0 Å². The molecule has 3 nitrogen and oxygen atoms in total. The molecule has 0 bridgehead atoms. The normalized spacial score (nSPS) is 8.50. The summed E-state index contributed by atoms with van der Waals surface area (Å²) in [5.41, 5.74) is 4.92. The maximum atomic E-state index is 10.4. The zero-order valence-electron chi connectivity index (χ0n) is 4.83.